The molecule has 0 bridgehead atoms. The summed E-state index contributed by atoms with van der Waals surface area (Å²) in [4.78, 5) is 23.8. The van der Waals surface area contributed by atoms with E-state index in [-0.39, 0.29) is 18.2 Å². The molecular weight excluding hydrogens is 308 g/mol. The molecule has 1 aliphatic rings. The molecule has 0 aromatic heterocycles. The van der Waals surface area contributed by atoms with E-state index >= 15 is 0 Å². The Bertz CT molecular complexity index is 773. The molecule has 2 aromatic rings. The van der Waals surface area contributed by atoms with Crippen molar-refractivity contribution >= 4 is 23.2 Å². The van der Waals surface area contributed by atoms with Crippen molar-refractivity contribution in [2.24, 2.45) is 0 Å². The average Bonchev–Trinajstić information content (AvgIpc) is 2.75. The van der Waals surface area contributed by atoms with Crippen molar-refractivity contribution in [3.8, 4) is 11.5 Å². The normalized spacial score (nSPS) is 13.1. The number of anilines is 2. The number of carbonyl (C=O) groups is 2. The Hall–Kier alpha value is -3.02. The predicted octanol–water partition coefficient (Wildman–Crippen LogP) is 2.60. The molecule has 2 aromatic carbocycles. The third-order valence-electron chi connectivity index (χ3n) is 3.62. The molecule has 0 radical (unpaired) electrons. The maximum absolute atomic E-state index is 12.2. The highest BCUT2D eigenvalue weighted by atomic mass is 16.5. The number of hydrogen-bond donors (Lipinski definition) is 2. The molecule has 2 N–H and O–H groups in total. The predicted molar refractivity (Wildman–Crippen MR) is 90.5 cm³/mol. The molecule has 0 unspecified atom stereocenters. The molecule has 6 nitrogen and oxygen atoms in total. The van der Waals surface area contributed by atoms with Gasteiger partial charge in [0, 0.05) is 11.8 Å². The van der Waals surface area contributed by atoms with Crippen molar-refractivity contribution in [2.45, 2.75) is 12.8 Å². The summed E-state index contributed by atoms with van der Waals surface area (Å²) in [6.07, 6.45) is 0.515. The summed E-state index contributed by atoms with van der Waals surface area (Å²) in [6.45, 7) is 0.356. The molecule has 0 saturated heterocycles. The van der Waals surface area contributed by atoms with Crippen molar-refractivity contribution in [3.63, 3.8) is 0 Å². The van der Waals surface area contributed by atoms with Gasteiger partial charge in [-0.05, 0) is 29.8 Å². The zero-order valence-corrected chi connectivity index (χ0v) is 13.3. The first kappa shape index (κ1) is 15.9. The number of rotatable bonds is 4. The Morgan fingerprint density at radius 1 is 1.29 bits per heavy atom. The van der Waals surface area contributed by atoms with E-state index in [4.69, 9.17) is 9.47 Å². The molecule has 3 rings (SSSR count). The number of hydrogen-bond acceptors (Lipinski definition) is 4. The van der Waals surface area contributed by atoms with Crippen molar-refractivity contribution in [1.29, 1.82) is 0 Å². The lowest BCUT2D eigenvalue weighted by molar-refractivity contribution is -0.116. The van der Waals surface area contributed by atoms with Gasteiger partial charge in [-0.1, -0.05) is 12.1 Å². The first-order valence-corrected chi connectivity index (χ1v) is 7.63. The molecular formula is C18H18N2O4. The van der Waals surface area contributed by atoms with Gasteiger partial charge in [0.1, 0.15) is 11.5 Å². The van der Waals surface area contributed by atoms with Crippen LogP contribution in [0.2, 0.25) is 0 Å². The van der Waals surface area contributed by atoms with Crippen molar-refractivity contribution < 1.29 is 19.1 Å². The minimum absolute atomic E-state index is 0.0910. The van der Waals surface area contributed by atoms with Gasteiger partial charge < -0.3 is 20.1 Å². The van der Waals surface area contributed by atoms with Crippen molar-refractivity contribution in [2.75, 3.05) is 24.4 Å². The van der Waals surface area contributed by atoms with Crippen LogP contribution in [0.5, 0.6) is 11.5 Å². The van der Waals surface area contributed by atoms with Crippen LogP contribution in [0.4, 0.5) is 11.4 Å². The molecule has 0 spiro atoms. The van der Waals surface area contributed by atoms with Crippen LogP contribution in [0.25, 0.3) is 0 Å². The lowest BCUT2D eigenvalue weighted by Crippen LogP contribution is -2.15. The monoisotopic (exact) mass is 326 g/mol. The van der Waals surface area contributed by atoms with Gasteiger partial charge in [-0.3, -0.25) is 9.59 Å². The minimum Gasteiger partial charge on any atom is -0.497 e. The third kappa shape index (κ3) is 3.84. The maximum Gasteiger partial charge on any atom is 0.228 e. The van der Waals surface area contributed by atoms with Gasteiger partial charge in [0.15, 0.2) is 0 Å². The van der Waals surface area contributed by atoms with E-state index in [1.54, 1.807) is 31.4 Å². The Morgan fingerprint density at radius 3 is 3.00 bits per heavy atom. The highest BCUT2D eigenvalue weighted by molar-refractivity contribution is 5.95. The molecule has 124 valence electrons. The van der Waals surface area contributed by atoms with Crippen LogP contribution in [0.3, 0.4) is 0 Å². The largest absolute Gasteiger partial charge is 0.497 e. The van der Waals surface area contributed by atoms with E-state index in [9.17, 15) is 9.59 Å². The van der Waals surface area contributed by atoms with Crippen LogP contribution in [0.15, 0.2) is 42.5 Å². The second-order valence-corrected chi connectivity index (χ2v) is 5.43. The first-order valence-electron chi connectivity index (χ1n) is 7.63. The Labute approximate surface area is 139 Å². The second kappa shape index (κ2) is 7.04. The van der Waals surface area contributed by atoms with E-state index in [0.717, 1.165) is 5.56 Å². The summed E-state index contributed by atoms with van der Waals surface area (Å²) < 4.78 is 10.6. The standard InChI is InChI=1S/C18H18N2O4/c1-23-14-4-2-3-13(11-14)19-18(22)10-12-5-6-16-15(9-12)20-17(21)7-8-24-16/h2-6,9,11H,7-8,10H2,1H3,(H,19,22)(H,20,21). The summed E-state index contributed by atoms with van der Waals surface area (Å²) in [5.41, 5.74) is 2.06. The van der Waals surface area contributed by atoms with Gasteiger partial charge in [0.2, 0.25) is 11.8 Å². The molecule has 0 fully saturated rings. The van der Waals surface area contributed by atoms with Gasteiger partial charge in [0.05, 0.1) is 32.2 Å². The van der Waals surface area contributed by atoms with Crippen LogP contribution >= 0.6 is 0 Å². The van der Waals surface area contributed by atoms with Crippen LogP contribution in [-0.2, 0) is 16.0 Å². The fourth-order valence-electron chi connectivity index (χ4n) is 2.47. The number of nitrogens with one attached hydrogen (secondary N) is 2. The summed E-state index contributed by atoms with van der Waals surface area (Å²) in [7, 11) is 1.58. The molecule has 1 aliphatic heterocycles. The summed E-state index contributed by atoms with van der Waals surface area (Å²) >= 11 is 0. The van der Waals surface area contributed by atoms with Crippen molar-refractivity contribution in [1.82, 2.24) is 0 Å². The lowest BCUT2D eigenvalue weighted by atomic mass is 10.1. The smallest absolute Gasteiger partial charge is 0.228 e. The fourth-order valence-corrected chi connectivity index (χ4v) is 2.47. The topological polar surface area (TPSA) is 76.7 Å². The molecule has 0 saturated carbocycles. The van der Waals surface area contributed by atoms with E-state index < -0.39 is 0 Å². The quantitative estimate of drug-likeness (QED) is 0.905. The number of fused-ring (bicyclic) bond motifs is 1. The number of methoxy groups -OCH3 is 1. The molecule has 6 heteroatoms. The van der Waals surface area contributed by atoms with Crippen LogP contribution in [0, 0.1) is 0 Å². The third-order valence-corrected chi connectivity index (χ3v) is 3.62. The van der Waals surface area contributed by atoms with Gasteiger partial charge in [-0.25, -0.2) is 0 Å². The molecule has 2 amide bonds. The molecule has 0 aliphatic carbocycles. The van der Waals surface area contributed by atoms with Crippen LogP contribution < -0.4 is 20.1 Å². The second-order valence-electron chi connectivity index (χ2n) is 5.43. The van der Waals surface area contributed by atoms with Crippen molar-refractivity contribution in [3.05, 3.63) is 48.0 Å². The SMILES string of the molecule is COc1cccc(NC(=O)Cc2ccc3c(c2)NC(=O)CCO3)c1. The van der Waals surface area contributed by atoms with E-state index in [0.29, 0.717) is 35.9 Å². The number of benzene rings is 2. The lowest BCUT2D eigenvalue weighted by Gasteiger charge is -2.10. The van der Waals surface area contributed by atoms with Gasteiger partial charge >= 0.3 is 0 Å². The molecule has 0 atom stereocenters. The minimum atomic E-state index is -0.149. The van der Waals surface area contributed by atoms with Gasteiger partial charge in [-0.2, -0.15) is 0 Å². The van der Waals surface area contributed by atoms with Crippen LogP contribution in [-0.4, -0.2) is 25.5 Å². The van der Waals surface area contributed by atoms with E-state index in [1.807, 2.05) is 18.2 Å². The zero-order valence-electron chi connectivity index (χ0n) is 13.3. The number of amides is 2. The summed E-state index contributed by atoms with van der Waals surface area (Å²) in [6, 6.07) is 12.5. The van der Waals surface area contributed by atoms with E-state index in [2.05, 4.69) is 10.6 Å². The zero-order chi connectivity index (χ0) is 16.9. The Kier molecular flexibility index (Phi) is 4.65. The number of ether oxygens (including phenoxy) is 2. The summed E-state index contributed by atoms with van der Waals surface area (Å²) in [5.74, 6) is 1.06. The fraction of sp³-hybridized carbons (Fsp3) is 0.222. The Balaban J connectivity index is 1.69. The first-order chi connectivity index (χ1) is 11.6. The number of carbonyl (C=O) groups excluding carboxylic acids is 2. The highest BCUT2D eigenvalue weighted by Gasteiger charge is 2.15. The van der Waals surface area contributed by atoms with Gasteiger partial charge in [0.25, 0.3) is 0 Å². The van der Waals surface area contributed by atoms with Crippen LogP contribution in [0.1, 0.15) is 12.0 Å². The average molecular weight is 326 g/mol. The summed E-state index contributed by atoms with van der Waals surface area (Å²) in [5, 5.41) is 5.62. The van der Waals surface area contributed by atoms with E-state index in [1.165, 1.54) is 0 Å². The van der Waals surface area contributed by atoms with Gasteiger partial charge in [-0.15, -0.1) is 0 Å². The maximum atomic E-state index is 12.2. The highest BCUT2D eigenvalue weighted by Crippen LogP contribution is 2.28. The Morgan fingerprint density at radius 2 is 2.17 bits per heavy atom. The molecule has 1 heterocycles. The molecule has 24 heavy (non-hydrogen) atoms.